The van der Waals surface area contributed by atoms with Gasteiger partial charge in [0.1, 0.15) is 17.3 Å². The molecule has 7 nitrogen and oxygen atoms in total. The lowest BCUT2D eigenvalue weighted by Gasteiger charge is -2.26. The highest BCUT2D eigenvalue weighted by atomic mass is 16.5. The lowest BCUT2D eigenvalue weighted by molar-refractivity contribution is -0.140. The Bertz CT molecular complexity index is 1130. The Kier molecular flexibility index (Phi) is 7.90. The van der Waals surface area contributed by atoms with Crippen LogP contribution in [0.15, 0.2) is 48.0 Å². The molecule has 0 aromatic heterocycles. The third-order valence-corrected chi connectivity index (χ3v) is 6.05. The van der Waals surface area contributed by atoms with Gasteiger partial charge in [-0.15, -0.1) is 0 Å². The lowest BCUT2D eigenvalue weighted by atomic mass is 9.85. The number of rotatable bonds is 8. The van der Waals surface area contributed by atoms with Crippen LogP contribution in [0, 0.1) is 0 Å². The van der Waals surface area contributed by atoms with Crippen LogP contribution in [0.1, 0.15) is 57.4 Å². The van der Waals surface area contributed by atoms with Crippen molar-refractivity contribution in [1.82, 2.24) is 4.90 Å². The number of carbonyl (C=O) groups excluding carboxylic acids is 2. The summed E-state index contributed by atoms with van der Waals surface area (Å²) in [5.41, 5.74) is 1.78. The maximum Gasteiger partial charge on any atom is 0.295 e. The number of ketones is 1. The monoisotopic (exact) mass is 481 g/mol. The summed E-state index contributed by atoms with van der Waals surface area (Å²) in [6, 6.07) is 11.9. The van der Waals surface area contributed by atoms with Crippen LogP contribution in [0.5, 0.6) is 11.5 Å². The zero-order valence-corrected chi connectivity index (χ0v) is 21.5. The van der Waals surface area contributed by atoms with E-state index in [0.29, 0.717) is 22.6 Å². The molecule has 1 unspecified atom stereocenters. The molecule has 0 bridgehead atoms. The van der Waals surface area contributed by atoms with Crippen molar-refractivity contribution in [3.63, 3.8) is 0 Å². The van der Waals surface area contributed by atoms with Crippen LogP contribution >= 0.6 is 0 Å². The largest absolute Gasteiger partial charge is 0.507 e. The minimum Gasteiger partial charge on any atom is -0.507 e. The maximum atomic E-state index is 13.3. The molecule has 0 saturated carbocycles. The summed E-state index contributed by atoms with van der Waals surface area (Å²) in [6.07, 6.45) is -0.0218. The zero-order valence-electron chi connectivity index (χ0n) is 21.5. The van der Waals surface area contributed by atoms with E-state index in [2.05, 4.69) is 20.8 Å². The quantitative estimate of drug-likeness (QED) is 0.330. The number of benzene rings is 2. The SMILES string of the molecule is COc1cccc(C2/C(=C(\O)c3cc(C(C)(C)C)ccc3OC)C(=O)C(=O)N2CCOC(C)C)c1. The van der Waals surface area contributed by atoms with Crippen molar-refractivity contribution in [3.05, 3.63) is 64.7 Å². The van der Waals surface area contributed by atoms with Crippen molar-refractivity contribution in [1.29, 1.82) is 0 Å². The summed E-state index contributed by atoms with van der Waals surface area (Å²) in [5.74, 6) is -0.708. The standard InChI is InChI=1S/C28H35NO6/c1-17(2)35-14-13-29-24(18-9-8-10-20(15-18)33-6)23(26(31)27(29)32)25(30)21-16-19(28(3,4)5)11-12-22(21)34-7/h8-12,15-17,24,30H,13-14H2,1-7H3/b25-23+. The van der Waals surface area contributed by atoms with Crippen molar-refractivity contribution >= 4 is 17.4 Å². The normalized spacial score (nSPS) is 17.8. The minimum atomic E-state index is -0.802. The Morgan fingerprint density at radius 3 is 2.37 bits per heavy atom. The molecule has 2 aromatic carbocycles. The number of Topliss-reactive ketones (excluding diaryl/α,β-unsaturated/α-hetero) is 1. The van der Waals surface area contributed by atoms with Crippen molar-refractivity contribution in [2.45, 2.75) is 52.2 Å². The fourth-order valence-electron chi connectivity index (χ4n) is 4.16. The number of hydrogen-bond donors (Lipinski definition) is 1. The molecule has 1 N–H and O–H groups in total. The van der Waals surface area contributed by atoms with E-state index in [1.54, 1.807) is 31.4 Å². The van der Waals surface area contributed by atoms with Gasteiger partial charge in [0.05, 0.1) is 44.1 Å². The van der Waals surface area contributed by atoms with E-state index in [0.717, 1.165) is 5.56 Å². The first kappa shape index (κ1) is 26.3. The molecular formula is C28H35NO6. The molecule has 3 rings (SSSR count). The Morgan fingerprint density at radius 2 is 1.77 bits per heavy atom. The molecule has 2 aromatic rings. The van der Waals surface area contributed by atoms with Crippen molar-refractivity contribution in [2.24, 2.45) is 0 Å². The van der Waals surface area contributed by atoms with E-state index in [9.17, 15) is 14.7 Å². The highest BCUT2D eigenvalue weighted by Gasteiger charge is 2.46. The van der Waals surface area contributed by atoms with Crippen molar-refractivity contribution in [3.8, 4) is 11.5 Å². The van der Waals surface area contributed by atoms with Gasteiger partial charge in [0, 0.05) is 6.54 Å². The van der Waals surface area contributed by atoms with Gasteiger partial charge in [0.15, 0.2) is 0 Å². The summed E-state index contributed by atoms with van der Waals surface area (Å²) in [4.78, 5) is 27.9. The molecule has 188 valence electrons. The Hall–Kier alpha value is -3.32. The van der Waals surface area contributed by atoms with E-state index in [1.807, 2.05) is 32.0 Å². The summed E-state index contributed by atoms with van der Waals surface area (Å²) >= 11 is 0. The first-order chi connectivity index (χ1) is 16.5. The second kappa shape index (κ2) is 10.5. The van der Waals surface area contributed by atoms with E-state index in [4.69, 9.17) is 14.2 Å². The Morgan fingerprint density at radius 1 is 1.06 bits per heavy atom. The van der Waals surface area contributed by atoms with Crippen molar-refractivity contribution in [2.75, 3.05) is 27.4 Å². The zero-order chi connectivity index (χ0) is 25.9. The number of ether oxygens (including phenoxy) is 3. The topological polar surface area (TPSA) is 85.3 Å². The van der Waals surface area contributed by atoms with Crippen LogP contribution in [0.25, 0.3) is 5.76 Å². The van der Waals surface area contributed by atoms with E-state index in [1.165, 1.54) is 12.0 Å². The molecule has 1 amide bonds. The van der Waals surface area contributed by atoms with Gasteiger partial charge < -0.3 is 24.2 Å². The maximum absolute atomic E-state index is 13.3. The van der Waals surface area contributed by atoms with Crippen molar-refractivity contribution < 1.29 is 28.9 Å². The van der Waals surface area contributed by atoms with Gasteiger partial charge in [0.2, 0.25) is 0 Å². The predicted octanol–water partition coefficient (Wildman–Crippen LogP) is 4.85. The number of likely N-dealkylation sites (tertiary alicyclic amines) is 1. The highest BCUT2D eigenvalue weighted by molar-refractivity contribution is 6.46. The second-order valence-corrected chi connectivity index (χ2v) is 9.85. The van der Waals surface area contributed by atoms with Crippen LogP contribution in [0.2, 0.25) is 0 Å². The predicted molar refractivity (Wildman–Crippen MR) is 135 cm³/mol. The fraction of sp³-hybridized carbons (Fsp3) is 0.429. The van der Waals surface area contributed by atoms with E-state index in [-0.39, 0.29) is 36.0 Å². The molecule has 0 spiro atoms. The van der Waals surface area contributed by atoms with E-state index >= 15 is 0 Å². The second-order valence-electron chi connectivity index (χ2n) is 9.85. The van der Waals surface area contributed by atoms with Gasteiger partial charge in [-0.1, -0.05) is 39.0 Å². The molecule has 7 heteroatoms. The summed E-state index contributed by atoms with van der Waals surface area (Å²) < 4.78 is 16.5. The molecule has 1 aliphatic heterocycles. The first-order valence-electron chi connectivity index (χ1n) is 11.7. The van der Waals surface area contributed by atoms with Gasteiger partial charge in [0.25, 0.3) is 11.7 Å². The summed E-state index contributed by atoms with van der Waals surface area (Å²) in [7, 11) is 3.06. The van der Waals surface area contributed by atoms with Gasteiger partial charge in [-0.05, 0) is 54.7 Å². The number of aliphatic hydroxyl groups excluding tert-OH is 1. The Balaban J connectivity index is 2.22. The molecule has 1 heterocycles. The lowest BCUT2D eigenvalue weighted by Crippen LogP contribution is -2.33. The Labute approximate surface area is 207 Å². The number of aliphatic hydroxyl groups is 1. The van der Waals surface area contributed by atoms with E-state index < -0.39 is 17.7 Å². The number of hydrogen-bond acceptors (Lipinski definition) is 6. The third-order valence-electron chi connectivity index (χ3n) is 6.05. The molecule has 1 fully saturated rings. The molecule has 1 aliphatic rings. The van der Waals surface area contributed by atoms with Gasteiger partial charge >= 0.3 is 0 Å². The minimum absolute atomic E-state index is 0.0113. The third kappa shape index (κ3) is 5.51. The number of carbonyl (C=O) groups is 2. The molecular weight excluding hydrogens is 446 g/mol. The van der Waals surface area contributed by atoms with Gasteiger partial charge in [-0.3, -0.25) is 9.59 Å². The summed E-state index contributed by atoms with van der Waals surface area (Å²) in [6.45, 7) is 10.4. The van der Waals surface area contributed by atoms with Crippen LogP contribution < -0.4 is 9.47 Å². The van der Waals surface area contributed by atoms with Crippen LogP contribution in [-0.4, -0.2) is 55.2 Å². The van der Waals surface area contributed by atoms with Crippen LogP contribution in [-0.2, 0) is 19.7 Å². The average Bonchev–Trinajstić information content (AvgIpc) is 3.07. The first-order valence-corrected chi connectivity index (χ1v) is 11.7. The average molecular weight is 482 g/mol. The molecule has 1 saturated heterocycles. The van der Waals surface area contributed by atoms with Crippen LogP contribution in [0.3, 0.4) is 0 Å². The molecule has 1 atom stereocenters. The fourth-order valence-corrected chi connectivity index (χ4v) is 4.16. The summed E-state index contributed by atoms with van der Waals surface area (Å²) in [5, 5.41) is 11.5. The number of amides is 1. The van der Waals surface area contributed by atoms with Crippen LogP contribution in [0.4, 0.5) is 0 Å². The number of methoxy groups -OCH3 is 2. The molecule has 0 radical (unpaired) electrons. The molecule has 35 heavy (non-hydrogen) atoms. The number of nitrogens with zero attached hydrogens (tertiary/aromatic N) is 1. The smallest absolute Gasteiger partial charge is 0.295 e. The highest BCUT2D eigenvalue weighted by Crippen LogP contribution is 2.42. The molecule has 0 aliphatic carbocycles. The van der Waals surface area contributed by atoms with Gasteiger partial charge in [-0.2, -0.15) is 0 Å². The van der Waals surface area contributed by atoms with Gasteiger partial charge in [-0.25, -0.2) is 0 Å².